The van der Waals surface area contributed by atoms with Gasteiger partial charge in [-0.1, -0.05) is 23.2 Å². The molecule has 0 saturated carbocycles. The molecular formula is C20H18Cl2O4. The van der Waals surface area contributed by atoms with Crippen LogP contribution < -0.4 is 4.74 Å². The minimum Gasteiger partial charge on any atom is -0.507 e. The van der Waals surface area contributed by atoms with Crippen molar-refractivity contribution < 1.29 is 19.3 Å². The highest BCUT2D eigenvalue weighted by Crippen LogP contribution is 2.43. The second kappa shape index (κ2) is 7.12. The Labute approximate surface area is 161 Å². The number of benzene rings is 3. The van der Waals surface area contributed by atoms with Gasteiger partial charge in [0.05, 0.1) is 19.3 Å². The number of phenolic OH excluding ortho intramolecular Hbond substituents is 1. The summed E-state index contributed by atoms with van der Waals surface area (Å²) < 4.78 is 17.0. The molecule has 1 fully saturated rings. The van der Waals surface area contributed by atoms with Crippen molar-refractivity contribution in [3.05, 3.63) is 46.4 Å². The molecule has 0 spiro atoms. The number of hydrogen-bond acceptors (Lipinski definition) is 4. The van der Waals surface area contributed by atoms with Crippen LogP contribution in [0, 0.1) is 0 Å². The number of rotatable bonds is 6. The van der Waals surface area contributed by atoms with Crippen LogP contribution in [0.2, 0.25) is 10.0 Å². The van der Waals surface area contributed by atoms with E-state index in [1.807, 2.05) is 13.0 Å². The molecule has 1 aliphatic rings. The molecule has 0 radical (unpaired) electrons. The normalized spacial score (nSPS) is 17.6. The Morgan fingerprint density at radius 2 is 1.73 bits per heavy atom. The van der Waals surface area contributed by atoms with Crippen molar-refractivity contribution in [2.45, 2.75) is 19.1 Å². The summed E-state index contributed by atoms with van der Waals surface area (Å²) in [5.41, 5.74) is 0. The molecule has 1 aliphatic heterocycles. The number of halogens is 2. The Hall–Kier alpha value is -1.72. The van der Waals surface area contributed by atoms with Crippen LogP contribution in [0.25, 0.3) is 21.5 Å². The summed E-state index contributed by atoms with van der Waals surface area (Å²) in [6, 6.07) is 10.7. The summed E-state index contributed by atoms with van der Waals surface area (Å²) in [7, 11) is 0. The predicted octanol–water partition coefficient (Wildman–Crippen LogP) is 5.19. The number of aromatic hydroxyl groups is 1. The Morgan fingerprint density at radius 1 is 1.08 bits per heavy atom. The van der Waals surface area contributed by atoms with E-state index in [1.54, 1.807) is 30.3 Å². The van der Waals surface area contributed by atoms with Crippen molar-refractivity contribution in [3.8, 4) is 11.5 Å². The van der Waals surface area contributed by atoms with Gasteiger partial charge in [0.2, 0.25) is 0 Å². The molecule has 2 unspecified atom stereocenters. The summed E-state index contributed by atoms with van der Waals surface area (Å²) in [5, 5.41) is 14.6. The maximum atomic E-state index is 10.7. The molecule has 0 aromatic heterocycles. The lowest BCUT2D eigenvalue weighted by Crippen LogP contribution is -2.20. The van der Waals surface area contributed by atoms with Crippen LogP contribution in [-0.4, -0.2) is 37.1 Å². The number of phenols is 1. The van der Waals surface area contributed by atoms with Crippen molar-refractivity contribution in [2.24, 2.45) is 0 Å². The Morgan fingerprint density at radius 3 is 2.42 bits per heavy atom. The molecule has 2 atom stereocenters. The molecule has 6 heteroatoms. The smallest absolute Gasteiger partial charge is 0.135 e. The van der Waals surface area contributed by atoms with E-state index in [-0.39, 0.29) is 18.0 Å². The second-order valence-electron chi connectivity index (χ2n) is 6.47. The zero-order valence-corrected chi connectivity index (χ0v) is 15.7. The SMILES string of the molecule is CC(COc1c2ccc(Cl)cc2c(O)c2ccc(Cl)cc12)OCC1CO1. The predicted molar refractivity (Wildman–Crippen MR) is 104 cm³/mol. The zero-order chi connectivity index (χ0) is 18.3. The first-order valence-corrected chi connectivity index (χ1v) is 9.18. The molecular weight excluding hydrogens is 375 g/mol. The standard InChI is InChI=1S/C20H18Cl2O4/c1-11(24-9-14-10-25-14)8-26-20-16-5-3-12(21)6-17(16)19(23)15-4-2-13(22)7-18(15)20/h2-7,11,14,23H,8-10H2,1H3. The maximum absolute atomic E-state index is 10.7. The zero-order valence-electron chi connectivity index (χ0n) is 14.2. The monoisotopic (exact) mass is 392 g/mol. The molecule has 1 saturated heterocycles. The van der Waals surface area contributed by atoms with Crippen LogP contribution in [0.3, 0.4) is 0 Å². The maximum Gasteiger partial charge on any atom is 0.135 e. The van der Waals surface area contributed by atoms with Gasteiger partial charge in [-0.15, -0.1) is 0 Å². The van der Waals surface area contributed by atoms with E-state index in [2.05, 4.69) is 0 Å². The molecule has 3 aromatic rings. The van der Waals surface area contributed by atoms with Crippen LogP contribution in [-0.2, 0) is 9.47 Å². The van der Waals surface area contributed by atoms with Gasteiger partial charge in [-0.05, 0) is 43.3 Å². The van der Waals surface area contributed by atoms with E-state index < -0.39 is 0 Å². The molecule has 26 heavy (non-hydrogen) atoms. The summed E-state index contributed by atoms with van der Waals surface area (Å²) in [6.07, 6.45) is 0.123. The molecule has 1 N–H and O–H groups in total. The third kappa shape index (κ3) is 3.55. The lowest BCUT2D eigenvalue weighted by molar-refractivity contribution is 0.0248. The number of epoxide rings is 1. The van der Waals surface area contributed by atoms with Crippen molar-refractivity contribution >= 4 is 44.7 Å². The summed E-state index contributed by atoms with van der Waals surface area (Å²) in [6.45, 7) is 3.66. The van der Waals surface area contributed by atoms with Crippen LogP contribution in [0.15, 0.2) is 36.4 Å². The lowest BCUT2D eigenvalue weighted by atomic mass is 10.0. The lowest BCUT2D eigenvalue weighted by Gasteiger charge is -2.18. The highest BCUT2D eigenvalue weighted by Gasteiger charge is 2.23. The summed E-state index contributed by atoms with van der Waals surface area (Å²) in [4.78, 5) is 0. The van der Waals surface area contributed by atoms with Crippen molar-refractivity contribution in [1.82, 2.24) is 0 Å². The Balaban J connectivity index is 1.74. The van der Waals surface area contributed by atoms with Crippen molar-refractivity contribution in [1.29, 1.82) is 0 Å². The van der Waals surface area contributed by atoms with Crippen LogP contribution in [0.5, 0.6) is 11.5 Å². The molecule has 4 nitrogen and oxygen atoms in total. The molecule has 136 valence electrons. The van der Waals surface area contributed by atoms with Crippen molar-refractivity contribution in [2.75, 3.05) is 19.8 Å². The topological polar surface area (TPSA) is 51.2 Å². The van der Waals surface area contributed by atoms with E-state index in [0.29, 0.717) is 39.8 Å². The van der Waals surface area contributed by atoms with Gasteiger partial charge in [0.1, 0.15) is 24.2 Å². The third-order valence-electron chi connectivity index (χ3n) is 4.39. The van der Waals surface area contributed by atoms with E-state index >= 15 is 0 Å². The molecule has 4 rings (SSSR count). The minimum absolute atomic E-state index is 0.0930. The fraction of sp³-hybridized carbons (Fsp3) is 0.300. The number of fused-ring (bicyclic) bond motifs is 2. The highest BCUT2D eigenvalue weighted by molar-refractivity contribution is 6.32. The Bertz CT molecular complexity index is 969. The van der Waals surface area contributed by atoms with Gasteiger partial charge in [-0.3, -0.25) is 0 Å². The average Bonchev–Trinajstić information content (AvgIpc) is 3.44. The van der Waals surface area contributed by atoms with Crippen LogP contribution >= 0.6 is 23.2 Å². The van der Waals surface area contributed by atoms with Gasteiger partial charge < -0.3 is 19.3 Å². The largest absolute Gasteiger partial charge is 0.507 e. The summed E-state index contributed by atoms with van der Waals surface area (Å²) >= 11 is 12.3. The summed E-state index contributed by atoms with van der Waals surface area (Å²) in [5.74, 6) is 0.821. The fourth-order valence-corrected chi connectivity index (χ4v) is 3.30. The van der Waals surface area contributed by atoms with Gasteiger partial charge in [0, 0.05) is 31.6 Å². The fourth-order valence-electron chi connectivity index (χ4n) is 2.95. The number of ether oxygens (including phenoxy) is 3. The molecule has 3 aromatic carbocycles. The molecule has 0 amide bonds. The van der Waals surface area contributed by atoms with Gasteiger partial charge in [0.15, 0.2) is 0 Å². The highest BCUT2D eigenvalue weighted by atomic mass is 35.5. The van der Waals surface area contributed by atoms with Crippen molar-refractivity contribution in [3.63, 3.8) is 0 Å². The molecule has 0 aliphatic carbocycles. The first kappa shape index (κ1) is 17.7. The number of hydrogen-bond donors (Lipinski definition) is 1. The van der Waals surface area contributed by atoms with E-state index in [9.17, 15) is 5.11 Å². The third-order valence-corrected chi connectivity index (χ3v) is 4.86. The van der Waals surface area contributed by atoms with E-state index in [1.165, 1.54) is 0 Å². The quantitative estimate of drug-likeness (QED) is 0.463. The van der Waals surface area contributed by atoms with E-state index in [0.717, 1.165) is 17.4 Å². The van der Waals surface area contributed by atoms with Gasteiger partial charge in [0.25, 0.3) is 0 Å². The molecule has 1 heterocycles. The van der Waals surface area contributed by atoms with Crippen LogP contribution in [0.1, 0.15) is 6.92 Å². The molecule has 0 bridgehead atoms. The van der Waals surface area contributed by atoms with Gasteiger partial charge in [-0.2, -0.15) is 0 Å². The van der Waals surface area contributed by atoms with Crippen LogP contribution in [0.4, 0.5) is 0 Å². The minimum atomic E-state index is -0.0930. The van der Waals surface area contributed by atoms with E-state index in [4.69, 9.17) is 37.4 Å². The van der Waals surface area contributed by atoms with Gasteiger partial charge >= 0.3 is 0 Å². The van der Waals surface area contributed by atoms with Gasteiger partial charge in [-0.25, -0.2) is 0 Å². The first-order chi connectivity index (χ1) is 12.5. The first-order valence-electron chi connectivity index (χ1n) is 8.42. The average molecular weight is 393 g/mol. The Kier molecular flexibility index (Phi) is 4.84. The second-order valence-corrected chi connectivity index (χ2v) is 7.34.